The van der Waals surface area contributed by atoms with Crippen LogP contribution in [-0.4, -0.2) is 14.9 Å². The highest BCUT2D eigenvalue weighted by atomic mass is 79.9. The molecular formula is C15H17BrN2O2. The van der Waals surface area contributed by atoms with Gasteiger partial charge < -0.3 is 9.84 Å². The van der Waals surface area contributed by atoms with Crippen molar-refractivity contribution in [2.24, 2.45) is 7.05 Å². The summed E-state index contributed by atoms with van der Waals surface area (Å²) in [6, 6.07) is 3.47. The molecule has 3 rings (SSSR count). The van der Waals surface area contributed by atoms with E-state index < -0.39 is 0 Å². The zero-order chi connectivity index (χ0) is 14.4. The van der Waals surface area contributed by atoms with Crippen LogP contribution in [0.25, 0.3) is 0 Å². The summed E-state index contributed by atoms with van der Waals surface area (Å²) >= 11 is 3.30. The van der Waals surface area contributed by atoms with Crippen molar-refractivity contribution in [3.05, 3.63) is 33.4 Å². The van der Waals surface area contributed by atoms with Crippen molar-refractivity contribution in [1.82, 2.24) is 9.78 Å². The molecule has 1 aliphatic carbocycles. The van der Waals surface area contributed by atoms with E-state index in [1.165, 1.54) is 12.8 Å². The fourth-order valence-corrected chi connectivity index (χ4v) is 2.84. The Labute approximate surface area is 126 Å². The van der Waals surface area contributed by atoms with Crippen LogP contribution >= 0.6 is 15.9 Å². The fraction of sp³-hybridized carbons (Fsp3) is 0.400. The summed E-state index contributed by atoms with van der Waals surface area (Å²) in [5.74, 6) is 2.17. The van der Waals surface area contributed by atoms with Crippen LogP contribution in [-0.2, 0) is 7.05 Å². The van der Waals surface area contributed by atoms with Crippen LogP contribution in [0.1, 0.15) is 35.6 Å². The first kappa shape index (κ1) is 13.5. The van der Waals surface area contributed by atoms with E-state index in [4.69, 9.17) is 4.74 Å². The highest BCUT2D eigenvalue weighted by Gasteiger charge is 2.30. The third-order valence-corrected chi connectivity index (χ3v) is 4.31. The molecule has 5 heteroatoms. The van der Waals surface area contributed by atoms with Crippen molar-refractivity contribution in [2.75, 3.05) is 0 Å². The lowest BCUT2D eigenvalue weighted by Crippen LogP contribution is -1.97. The minimum Gasteiger partial charge on any atom is -0.507 e. The lowest BCUT2D eigenvalue weighted by atomic mass is 10.2. The molecule has 0 amide bonds. The Balaban J connectivity index is 1.97. The summed E-state index contributed by atoms with van der Waals surface area (Å²) in [6.45, 7) is 4.00. The number of phenols is 1. The Morgan fingerprint density at radius 2 is 2.05 bits per heavy atom. The molecule has 0 atom stereocenters. The molecule has 0 bridgehead atoms. The number of aromatic hydroxyl groups is 1. The van der Waals surface area contributed by atoms with Crippen LogP contribution in [0.2, 0.25) is 0 Å². The van der Waals surface area contributed by atoms with E-state index in [9.17, 15) is 5.11 Å². The van der Waals surface area contributed by atoms with Gasteiger partial charge in [0.1, 0.15) is 11.5 Å². The monoisotopic (exact) mass is 336 g/mol. The van der Waals surface area contributed by atoms with Gasteiger partial charge in [-0.15, -0.1) is 0 Å². The van der Waals surface area contributed by atoms with Crippen LogP contribution in [0, 0.1) is 13.8 Å². The van der Waals surface area contributed by atoms with E-state index in [1.807, 2.05) is 27.0 Å². The predicted molar refractivity (Wildman–Crippen MR) is 80.5 cm³/mol. The average molecular weight is 337 g/mol. The van der Waals surface area contributed by atoms with E-state index in [-0.39, 0.29) is 5.75 Å². The van der Waals surface area contributed by atoms with Gasteiger partial charge in [-0.05, 0) is 54.2 Å². The summed E-state index contributed by atoms with van der Waals surface area (Å²) in [5.41, 5.74) is 3.20. The molecule has 1 aliphatic rings. The van der Waals surface area contributed by atoms with Gasteiger partial charge in [-0.2, -0.15) is 5.10 Å². The number of ether oxygens (including phenoxy) is 1. The van der Waals surface area contributed by atoms with E-state index >= 15 is 0 Å². The van der Waals surface area contributed by atoms with E-state index in [1.54, 1.807) is 10.7 Å². The van der Waals surface area contributed by atoms with Crippen molar-refractivity contribution < 1.29 is 9.84 Å². The van der Waals surface area contributed by atoms with Crippen LogP contribution in [0.3, 0.4) is 0 Å². The maximum Gasteiger partial charge on any atom is 0.220 e. The summed E-state index contributed by atoms with van der Waals surface area (Å²) < 4.78 is 8.43. The third kappa shape index (κ3) is 2.30. The summed E-state index contributed by atoms with van der Waals surface area (Å²) in [7, 11) is 1.89. The zero-order valence-electron chi connectivity index (χ0n) is 11.8. The molecule has 106 valence electrons. The van der Waals surface area contributed by atoms with Crippen molar-refractivity contribution in [3.63, 3.8) is 0 Å². The fourth-order valence-electron chi connectivity index (χ4n) is 2.38. The van der Waals surface area contributed by atoms with Gasteiger partial charge in [0.25, 0.3) is 0 Å². The normalized spacial score (nSPS) is 14.6. The van der Waals surface area contributed by atoms with E-state index in [0.717, 1.165) is 22.7 Å². The molecule has 1 aromatic carbocycles. The first-order valence-electron chi connectivity index (χ1n) is 6.68. The molecule has 0 unspecified atom stereocenters. The Hall–Kier alpha value is -1.49. The zero-order valence-corrected chi connectivity index (χ0v) is 13.4. The molecule has 1 fully saturated rings. The average Bonchev–Trinajstić information content (AvgIpc) is 3.18. The first-order valence-corrected chi connectivity index (χ1v) is 7.47. The number of aromatic nitrogens is 2. The molecule has 2 aromatic rings. The van der Waals surface area contributed by atoms with Crippen LogP contribution in [0.4, 0.5) is 0 Å². The second-order valence-electron chi connectivity index (χ2n) is 5.38. The molecule has 20 heavy (non-hydrogen) atoms. The Morgan fingerprint density at radius 1 is 1.35 bits per heavy atom. The quantitative estimate of drug-likeness (QED) is 0.914. The Bertz CT molecular complexity index is 675. The number of phenolic OH excluding ortho intramolecular Hbond substituents is 1. The molecule has 0 saturated heterocycles. The maximum atomic E-state index is 9.80. The van der Waals surface area contributed by atoms with Gasteiger partial charge in [0.15, 0.2) is 0 Å². The maximum absolute atomic E-state index is 9.80. The molecule has 1 heterocycles. The predicted octanol–water partition coefficient (Wildman–Crippen LogP) is 4.17. The van der Waals surface area contributed by atoms with Crippen molar-refractivity contribution >= 4 is 15.9 Å². The summed E-state index contributed by atoms with van der Waals surface area (Å²) in [6.07, 6.45) is 2.44. The number of aryl methyl sites for hydroxylation is 2. The van der Waals surface area contributed by atoms with Gasteiger partial charge >= 0.3 is 0 Å². The summed E-state index contributed by atoms with van der Waals surface area (Å²) in [5, 5.41) is 14.4. The molecule has 0 radical (unpaired) electrons. The van der Waals surface area contributed by atoms with E-state index in [2.05, 4.69) is 21.0 Å². The SMILES string of the molecule is Cc1cc(Br)c(O)cc1Oc1c(C)c(C2CC2)nn1C. The molecule has 0 aliphatic heterocycles. The van der Waals surface area contributed by atoms with Crippen LogP contribution < -0.4 is 4.74 Å². The number of hydrogen-bond donors (Lipinski definition) is 1. The van der Waals surface area contributed by atoms with Gasteiger partial charge in [-0.3, -0.25) is 0 Å². The number of hydrogen-bond acceptors (Lipinski definition) is 3. The second-order valence-corrected chi connectivity index (χ2v) is 6.24. The van der Waals surface area contributed by atoms with Crippen molar-refractivity contribution in [2.45, 2.75) is 32.6 Å². The van der Waals surface area contributed by atoms with E-state index in [0.29, 0.717) is 16.1 Å². The van der Waals surface area contributed by atoms with Gasteiger partial charge in [0, 0.05) is 24.6 Å². The lowest BCUT2D eigenvalue weighted by Gasteiger charge is -2.11. The minimum atomic E-state index is 0.174. The molecule has 4 nitrogen and oxygen atoms in total. The Morgan fingerprint density at radius 3 is 2.70 bits per heavy atom. The molecule has 1 aromatic heterocycles. The number of halogens is 1. The Kier molecular flexibility index (Phi) is 3.24. The highest BCUT2D eigenvalue weighted by molar-refractivity contribution is 9.10. The molecule has 0 spiro atoms. The minimum absolute atomic E-state index is 0.174. The topological polar surface area (TPSA) is 47.3 Å². The largest absolute Gasteiger partial charge is 0.507 e. The van der Waals surface area contributed by atoms with Crippen LogP contribution in [0.5, 0.6) is 17.4 Å². The molecule has 1 saturated carbocycles. The molecular weight excluding hydrogens is 320 g/mol. The second kappa shape index (κ2) is 4.81. The van der Waals surface area contributed by atoms with Gasteiger partial charge in [0.2, 0.25) is 5.88 Å². The molecule has 1 N–H and O–H groups in total. The number of nitrogens with zero attached hydrogens (tertiary/aromatic N) is 2. The van der Waals surface area contributed by atoms with Gasteiger partial charge in [0.05, 0.1) is 10.2 Å². The van der Waals surface area contributed by atoms with Crippen LogP contribution in [0.15, 0.2) is 16.6 Å². The van der Waals surface area contributed by atoms with Crippen molar-refractivity contribution in [3.8, 4) is 17.4 Å². The smallest absolute Gasteiger partial charge is 0.220 e. The van der Waals surface area contributed by atoms with Crippen molar-refractivity contribution in [1.29, 1.82) is 0 Å². The third-order valence-electron chi connectivity index (χ3n) is 3.67. The first-order chi connectivity index (χ1) is 9.47. The van der Waals surface area contributed by atoms with Gasteiger partial charge in [-0.25, -0.2) is 4.68 Å². The van der Waals surface area contributed by atoms with Gasteiger partial charge in [-0.1, -0.05) is 0 Å². The lowest BCUT2D eigenvalue weighted by molar-refractivity contribution is 0.416. The highest BCUT2D eigenvalue weighted by Crippen LogP contribution is 2.44. The number of rotatable bonds is 3. The number of benzene rings is 1. The standard InChI is InChI=1S/C15H17BrN2O2/c1-8-6-11(16)12(19)7-13(8)20-15-9(2)14(10-4-5-10)17-18(15)3/h6-7,10,19H,4-5H2,1-3H3. The summed E-state index contributed by atoms with van der Waals surface area (Å²) in [4.78, 5) is 0.